The van der Waals surface area contributed by atoms with Gasteiger partial charge in [-0.15, -0.1) is 0 Å². The number of fused-ring (bicyclic) bond motifs is 1. The summed E-state index contributed by atoms with van der Waals surface area (Å²) < 4.78 is 2.38. The van der Waals surface area contributed by atoms with Crippen LogP contribution in [0.25, 0.3) is 22.2 Å². The number of likely N-dealkylation sites (tertiary alicyclic amines) is 1. The number of rotatable bonds is 8. The molecular weight excluding hydrogens is 458 g/mol. The van der Waals surface area contributed by atoms with E-state index in [1.165, 1.54) is 68.3 Å². The molecule has 6 nitrogen and oxygen atoms in total. The maximum absolute atomic E-state index is 10.1. The molecule has 0 radical (unpaired) electrons. The third-order valence-corrected chi connectivity index (χ3v) is 9.02. The summed E-state index contributed by atoms with van der Waals surface area (Å²) in [5.41, 5.74) is 4.90. The standard InChI is InChI=1S/C31H43N5O/c1-21(17-22-3-4-22)33-31-32-19-28-29(20-36(30(28)34-31)26-9-11-27(37)12-10-26)25-7-5-23(6-8-25)18-24-13-15-35(2)16-14-24/h5-8,19-22,24,26-27,37H,3-4,9-18H2,1-2H3,(H,32,33,34)/t21-,26-,27-/m1/s1. The molecule has 6 heteroatoms. The molecule has 198 valence electrons. The van der Waals surface area contributed by atoms with Gasteiger partial charge in [-0.3, -0.25) is 0 Å². The number of hydrogen-bond acceptors (Lipinski definition) is 5. The molecule has 0 unspecified atom stereocenters. The Balaban J connectivity index is 1.27. The number of benzene rings is 1. The highest BCUT2D eigenvalue weighted by atomic mass is 16.3. The SMILES string of the molecule is C[C@H](CC1CC1)Nc1ncc2c(-c3ccc(CC4CCN(C)CC4)cc3)cn([C@H]3CC[C@H](O)CC3)c2n1. The lowest BCUT2D eigenvalue weighted by molar-refractivity contribution is 0.111. The van der Waals surface area contributed by atoms with E-state index in [2.05, 4.69) is 59.2 Å². The molecule has 0 bridgehead atoms. The van der Waals surface area contributed by atoms with Crippen molar-refractivity contribution in [3.8, 4) is 11.1 Å². The van der Waals surface area contributed by atoms with Crippen molar-refractivity contribution in [3.05, 3.63) is 42.2 Å². The van der Waals surface area contributed by atoms with Gasteiger partial charge in [0.1, 0.15) is 5.65 Å². The molecule has 2 saturated carbocycles. The van der Waals surface area contributed by atoms with Crippen molar-refractivity contribution in [1.29, 1.82) is 0 Å². The molecule has 2 N–H and O–H groups in total. The Morgan fingerprint density at radius 1 is 0.973 bits per heavy atom. The smallest absolute Gasteiger partial charge is 0.224 e. The van der Waals surface area contributed by atoms with E-state index in [1.54, 1.807) is 0 Å². The van der Waals surface area contributed by atoms with E-state index in [0.29, 0.717) is 12.1 Å². The average Bonchev–Trinajstić information content (AvgIpc) is 3.64. The number of aliphatic hydroxyl groups is 1. The monoisotopic (exact) mass is 501 g/mol. The lowest BCUT2D eigenvalue weighted by atomic mass is 9.90. The van der Waals surface area contributed by atoms with E-state index in [1.807, 2.05) is 6.20 Å². The molecule has 3 aromatic rings. The van der Waals surface area contributed by atoms with Gasteiger partial charge in [0.2, 0.25) is 5.95 Å². The summed E-state index contributed by atoms with van der Waals surface area (Å²) in [4.78, 5) is 12.3. The van der Waals surface area contributed by atoms with Crippen molar-refractivity contribution in [2.45, 2.75) is 89.3 Å². The van der Waals surface area contributed by atoms with E-state index in [0.717, 1.165) is 54.5 Å². The van der Waals surface area contributed by atoms with Crippen LogP contribution in [-0.4, -0.2) is 56.8 Å². The zero-order chi connectivity index (χ0) is 25.4. The Labute approximate surface area is 221 Å². The van der Waals surface area contributed by atoms with Crippen LogP contribution in [0.3, 0.4) is 0 Å². The van der Waals surface area contributed by atoms with Gasteiger partial charge in [0, 0.05) is 35.4 Å². The molecule has 0 spiro atoms. The summed E-state index contributed by atoms with van der Waals surface area (Å²) in [5.74, 6) is 2.40. The lowest BCUT2D eigenvalue weighted by Gasteiger charge is -2.29. The second kappa shape index (κ2) is 10.7. The molecule has 1 saturated heterocycles. The molecule has 6 rings (SSSR count). The van der Waals surface area contributed by atoms with E-state index in [4.69, 9.17) is 9.97 Å². The zero-order valence-corrected chi connectivity index (χ0v) is 22.6. The number of hydrogen-bond donors (Lipinski definition) is 2. The summed E-state index contributed by atoms with van der Waals surface area (Å²) in [6, 6.07) is 9.98. The molecule has 1 atom stereocenters. The number of nitrogens with one attached hydrogen (secondary N) is 1. The Morgan fingerprint density at radius 3 is 2.41 bits per heavy atom. The van der Waals surface area contributed by atoms with Gasteiger partial charge in [-0.1, -0.05) is 37.1 Å². The van der Waals surface area contributed by atoms with Crippen molar-refractivity contribution < 1.29 is 5.11 Å². The summed E-state index contributed by atoms with van der Waals surface area (Å²) >= 11 is 0. The van der Waals surface area contributed by atoms with Crippen LogP contribution in [-0.2, 0) is 6.42 Å². The molecule has 1 aromatic carbocycles. The maximum atomic E-state index is 10.1. The van der Waals surface area contributed by atoms with Crippen molar-refractivity contribution in [2.24, 2.45) is 11.8 Å². The van der Waals surface area contributed by atoms with Gasteiger partial charge >= 0.3 is 0 Å². The fourth-order valence-electron chi connectivity index (χ4n) is 6.50. The third kappa shape index (κ3) is 5.85. The van der Waals surface area contributed by atoms with Gasteiger partial charge < -0.3 is 19.9 Å². The normalized spacial score (nSPS) is 24.4. The molecule has 3 fully saturated rings. The maximum Gasteiger partial charge on any atom is 0.224 e. The van der Waals surface area contributed by atoms with Crippen LogP contribution in [0.1, 0.15) is 76.3 Å². The first-order valence-electron chi connectivity index (χ1n) is 14.6. The minimum atomic E-state index is -0.162. The number of aromatic nitrogens is 3. The minimum absolute atomic E-state index is 0.162. The molecule has 2 aromatic heterocycles. The Kier molecular flexibility index (Phi) is 7.22. The first-order valence-corrected chi connectivity index (χ1v) is 14.6. The lowest BCUT2D eigenvalue weighted by Crippen LogP contribution is -2.30. The fraction of sp³-hybridized carbons (Fsp3) is 0.613. The Hall–Kier alpha value is -2.44. The van der Waals surface area contributed by atoms with Crippen LogP contribution in [0.15, 0.2) is 36.7 Å². The van der Waals surface area contributed by atoms with Crippen molar-refractivity contribution >= 4 is 17.0 Å². The fourth-order valence-corrected chi connectivity index (χ4v) is 6.50. The molecule has 3 aliphatic rings. The van der Waals surface area contributed by atoms with E-state index >= 15 is 0 Å². The van der Waals surface area contributed by atoms with E-state index in [9.17, 15) is 5.11 Å². The molecular formula is C31H43N5O. The first kappa shape index (κ1) is 24.9. The van der Waals surface area contributed by atoms with Crippen molar-refractivity contribution in [2.75, 3.05) is 25.5 Å². The highest BCUT2D eigenvalue weighted by molar-refractivity contribution is 5.94. The number of aliphatic hydroxyl groups excluding tert-OH is 1. The summed E-state index contributed by atoms with van der Waals surface area (Å²) in [6.45, 7) is 4.68. The molecule has 3 heterocycles. The zero-order valence-electron chi connectivity index (χ0n) is 22.6. The van der Waals surface area contributed by atoms with E-state index in [-0.39, 0.29) is 6.10 Å². The largest absolute Gasteiger partial charge is 0.393 e. The van der Waals surface area contributed by atoms with Gasteiger partial charge in [-0.25, -0.2) is 4.98 Å². The van der Waals surface area contributed by atoms with Crippen molar-refractivity contribution in [3.63, 3.8) is 0 Å². The van der Waals surface area contributed by atoms with Crippen LogP contribution < -0.4 is 5.32 Å². The molecule has 37 heavy (non-hydrogen) atoms. The second-order valence-corrected chi connectivity index (χ2v) is 12.2. The Morgan fingerprint density at radius 2 is 1.70 bits per heavy atom. The van der Waals surface area contributed by atoms with E-state index < -0.39 is 0 Å². The highest BCUT2D eigenvalue weighted by Crippen LogP contribution is 2.37. The Bertz CT molecular complexity index is 1180. The van der Waals surface area contributed by atoms with Gasteiger partial charge in [0.15, 0.2) is 0 Å². The predicted octanol–water partition coefficient (Wildman–Crippen LogP) is 6.06. The van der Waals surface area contributed by atoms with Crippen LogP contribution in [0, 0.1) is 11.8 Å². The van der Waals surface area contributed by atoms with Crippen LogP contribution in [0.2, 0.25) is 0 Å². The summed E-state index contributed by atoms with van der Waals surface area (Å²) in [6.07, 6.45) is 15.6. The highest BCUT2D eigenvalue weighted by Gasteiger charge is 2.26. The van der Waals surface area contributed by atoms with Crippen LogP contribution in [0.5, 0.6) is 0 Å². The minimum Gasteiger partial charge on any atom is -0.393 e. The first-order chi connectivity index (χ1) is 18.0. The second-order valence-electron chi connectivity index (χ2n) is 12.2. The summed E-state index contributed by atoms with van der Waals surface area (Å²) in [5, 5.41) is 14.8. The van der Waals surface area contributed by atoms with Crippen LogP contribution >= 0.6 is 0 Å². The third-order valence-electron chi connectivity index (χ3n) is 9.02. The predicted molar refractivity (Wildman–Crippen MR) is 151 cm³/mol. The number of nitrogens with zero attached hydrogens (tertiary/aromatic N) is 4. The summed E-state index contributed by atoms with van der Waals surface area (Å²) in [7, 11) is 2.23. The quantitative estimate of drug-likeness (QED) is 0.393. The molecule has 0 amide bonds. The number of piperidine rings is 1. The topological polar surface area (TPSA) is 66.2 Å². The van der Waals surface area contributed by atoms with Crippen LogP contribution in [0.4, 0.5) is 5.95 Å². The molecule has 2 aliphatic carbocycles. The molecule has 1 aliphatic heterocycles. The average molecular weight is 502 g/mol. The van der Waals surface area contributed by atoms with Crippen molar-refractivity contribution in [1.82, 2.24) is 19.4 Å². The number of anilines is 1. The van der Waals surface area contributed by atoms with Gasteiger partial charge in [-0.2, -0.15) is 4.98 Å². The van der Waals surface area contributed by atoms with Gasteiger partial charge in [0.05, 0.1) is 6.10 Å². The van der Waals surface area contributed by atoms with Gasteiger partial charge in [-0.05, 0) is 101 Å². The van der Waals surface area contributed by atoms with Gasteiger partial charge in [0.25, 0.3) is 0 Å².